The number of rotatable bonds is 6. The average Bonchev–Trinajstić information content (AvgIpc) is 3.84. The van der Waals surface area contributed by atoms with Crippen LogP contribution in [0.15, 0.2) is 58.7 Å². The molecule has 6 heterocycles. The van der Waals surface area contributed by atoms with Gasteiger partial charge in [0.05, 0.1) is 45.2 Å². The maximum Gasteiger partial charge on any atom is 0.298 e. The zero-order valence-electron chi connectivity index (χ0n) is 33.2. The van der Waals surface area contributed by atoms with Crippen LogP contribution >= 0.6 is 141 Å². The summed E-state index contributed by atoms with van der Waals surface area (Å²) in [5, 5.41) is 39.8. The lowest BCUT2D eigenvalue weighted by Crippen LogP contribution is -2.16. The second kappa shape index (κ2) is 13.8. The minimum Gasteiger partial charge on any atom is -0.258 e. The molecule has 307 valence electrons. The Balaban J connectivity index is 1.53. The van der Waals surface area contributed by atoms with Gasteiger partial charge in [0.1, 0.15) is 29.4 Å². The minimum absolute atomic E-state index is 0.131. The predicted octanol–water partition coefficient (Wildman–Crippen LogP) is 16.0. The number of nitro groups is 3. The van der Waals surface area contributed by atoms with Crippen molar-refractivity contribution in [2.75, 3.05) is 0 Å². The summed E-state index contributed by atoms with van der Waals surface area (Å²) in [7, 11) is 0. The first-order valence-corrected chi connectivity index (χ1v) is 27.7. The van der Waals surface area contributed by atoms with E-state index in [1.807, 2.05) is 0 Å². The molecule has 9 rings (SSSR count). The van der Waals surface area contributed by atoms with Crippen LogP contribution in [-0.4, -0.2) is 39.2 Å². The van der Waals surface area contributed by atoms with E-state index in [1.165, 1.54) is 70.6 Å². The summed E-state index contributed by atoms with van der Waals surface area (Å²) < 4.78 is -2.64. The van der Waals surface area contributed by atoms with E-state index in [1.54, 1.807) is 70.6 Å². The second-order valence-electron chi connectivity index (χ2n) is 16.9. The number of fused-ring (bicyclic) bond motifs is 6. The van der Waals surface area contributed by atoms with E-state index in [9.17, 15) is 30.3 Å². The number of benzene rings is 3. The van der Waals surface area contributed by atoms with Gasteiger partial charge in [0.2, 0.25) is 0 Å². The molecule has 0 amide bonds. The van der Waals surface area contributed by atoms with Gasteiger partial charge in [0.15, 0.2) is 0 Å². The molecule has 58 heavy (non-hydrogen) atoms. The lowest BCUT2D eigenvalue weighted by atomic mass is 9.84. The first-order valence-electron chi connectivity index (χ1n) is 17.9. The zero-order chi connectivity index (χ0) is 42.2. The molecule has 0 saturated heterocycles. The van der Waals surface area contributed by atoms with Crippen LogP contribution < -0.4 is 0 Å². The van der Waals surface area contributed by atoms with Crippen LogP contribution in [0.4, 0.5) is 17.1 Å². The zero-order valence-corrected chi connectivity index (χ0v) is 43.0. The molecule has 0 unspecified atom stereocenters. The van der Waals surface area contributed by atoms with E-state index in [0.29, 0.717) is 29.4 Å². The molecular weight excluding hydrogens is 967 g/mol. The third-order valence-electron chi connectivity index (χ3n) is 9.36. The fourth-order valence-corrected chi connectivity index (χ4v) is 25.3. The molecule has 9 nitrogen and oxygen atoms in total. The Morgan fingerprint density at radius 2 is 0.448 bits per heavy atom. The van der Waals surface area contributed by atoms with Crippen LogP contribution in [0, 0.1) is 36.3 Å². The third-order valence-corrected chi connectivity index (χ3v) is 26.3. The lowest BCUT2D eigenvalue weighted by Gasteiger charge is -2.30. The molecule has 0 fully saturated rings. The molecule has 0 aromatic heterocycles. The highest BCUT2D eigenvalue weighted by Gasteiger charge is 2.55. The predicted molar refractivity (Wildman–Crippen MR) is 255 cm³/mol. The van der Waals surface area contributed by atoms with Crippen LogP contribution in [0.1, 0.15) is 99.8 Å². The van der Waals surface area contributed by atoms with Gasteiger partial charge in [0.25, 0.3) is 17.1 Å². The number of nitro benzene ring substituents is 3. The Bertz CT molecular complexity index is 2100. The average molecular weight is 1000 g/mol. The number of nitrogens with zero attached hydrogens (tertiary/aromatic N) is 3. The van der Waals surface area contributed by atoms with Crippen molar-refractivity contribution in [2.45, 2.75) is 166 Å². The van der Waals surface area contributed by atoms with Crippen molar-refractivity contribution in [2.24, 2.45) is 0 Å². The van der Waals surface area contributed by atoms with Crippen molar-refractivity contribution >= 4 is 158 Å². The summed E-state index contributed by atoms with van der Waals surface area (Å²) >= 11 is 18.9. The van der Waals surface area contributed by atoms with E-state index in [2.05, 4.69) is 83.1 Å². The van der Waals surface area contributed by atoms with Gasteiger partial charge in [-0.3, -0.25) is 30.3 Å². The van der Waals surface area contributed by atoms with Crippen molar-refractivity contribution in [3.63, 3.8) is 0 Å². The fourth-order valence-electron chi connectivity index (χ4n) is 7.73. The maximum absolute atomic E-state index is 13.3. The van der Waals surface area contributed by atoms with Gasteiger partial charge in [-0.25, -0.2) is 0 Å². The third kappa shape index (κ3) is 6.98. The summed E-state index contributed by atoms with van der Waals surface area (Å²) in [5.41, 5.74) is 3.09. The summed E-state index contributed by atoms with van der Waals surface area (Å²) in [4.78, 5) is 47.9. The van der Waals surface area contributed by atoms with Crippen molar-refractivity contribution in [3.8, 4) is 0 Å². The van der Waals surface area contributed by atoms with Gasteiger partial charge in [0, 0.05) is 29.4 Å². The molecule has 0 spiro atoms. The summed E-state index contributed by atoms with van der Waals surface area (Å²) in [6.07, 6.45) is 0. The molecule has 21 heteroatoms. The molecule has 6 aliphatic heterocycles. The lowest BCUT2D eigenvalue weighted by molar-refractivity contribution is -0.391. The van der Waals surface area contributed by atoms with Gasteiger partial charge in [-0.05, 0) is 99.8 Å². The first-order chi connectivity index (χ1) is 26.6. The Kier molecular flexibility index (Phi) is 10.3. The van der Waals surface area contributed by atoms with E-state index in [4.69, 9.17) is 0 Å². The monoisotopic (exact) mass is 1000 g/mol. The Labute approximate surface area is 388 Å². The molecule has 6 aliphatic rings. The van der Waals surface area contributed by atoms with Crippen LogP contribution in [0.2, 0.25) is 0 Å². The topological polar surface area (TPSA) is 129 Å². The molecular formula is C37H36N3O6S12. The minimum atomic E-state index is -0.440. The van der Waals surface area contributed by atoms with Crippen LogP contribution in [0.25, 0.3) is 0 Å². The number of hydrogen-bond donors (Lipinski definition) is 0. The van der Waals surface area contributed by atoms with Gasteiger partial charge in [-0.15, -0.1) is 141 Å². The Morgan fingerprint density at radius 1 is 0.310 bits per heavy atom. The van der Waals surface area contributed by atoms with Gasteiger partial charge < -0.3 is 0 Å². The van der Waals surface area contributed by atoms with E-state index >= 15 is 0 Å². The quantitative estimate of drug-likeness (QED) is 0.132. The van der Waals surface area contributed by atoms with Crippen LogP contribution in [0.3, 0.4) is 0 Å². The van der Waals surface area contributed by atoms with E-state index < -0.39 is 24.5 Å². The number of hydrogen-bond acceptors (Lipinski definition) is 18. The van der Waals surface area contributed by atoms with Gasteiger partial charge in [-0.2, -0.15) is 0 Å². The largest absolute Gasteiger partial charge is 0.298 e. The molecule has 1 radical (unpaired) electrons. The SMILES string of the molecule is CC1(C)Sc2c(c([N+](=O)[O-])c3c(c2[C](c2c4c(c([N+](=O)[O-])c5c2SC(C)(C)S5)SC(C)(C)S4)c2c4c(c([N+](=O)[O-])c5c2SC(C)(C)S5)SC(C)(C)S4)SC(C)(C)S3)S1. The summed E-state index contributed by atoms with van der Waals surface area (Å²) in [6.45, 7) is 25.2. The second-order valence-corrected chi connectivity index (χ2v) is 38.0. The fraction of sp³-hybridized carbons (Fsp3) is 0.486. The van der Waals surface area contributed by atoms with Gasteiger partial charge in [-0.1, -0.05) is 0 Å². The van der Waals surface area contributed by atoms with Gasteiger partial charge >= 0.3 is 0 Å². The number of thioether (sulfide) groups is 12. The smallest absolute Gasteiger partial charge is 0.258 e. The standard InChI is InChI=1S/C37H36N3O6S12/c1-32(2)47-20-14(21-27(54-33(3,4)48-21)17(38(41)42)26(20)53-32)13(15-22-28(55-34(5,6)49-22)18(39(43)44)29-23(15)50-35(7,8)56-29)16-24-30(57-36(9,10)51-24)19(40(45)46)31-25(16)52-37(11,12)58-31/h1-12H3. The molecule has 3 aromatic carbocycles. The molecule has 0 saturated carbocycles. The Morgan fingerprint density at radius 3 is 0.586 bits per heavy atom. The van der Waals surface area contributed by atoms with Crippen LogP contribution in [0.5, 0.6) is 0 Å². The Hall–Kier alpha value is 0.0600. The van der Waals surface area contributed by atoms with E-state index in [0.717, 1.165) is 52.0 Å². The highest BCUT2D eigenvalue weighted by Crippen LogP contribution is 2.76. The molecule has 0 bridgehead atoms. The summed E-state index contributed by atoms with van der Waals surface area (Å²) in [5.74, 6) is 0.872. The molecule has 0 aliphatic carbocycles. The van der Waals surface area contributed by atoms with Crippen molar-refractivity contribution < 1.29 is 14.8 Å². The normalized spacial score (nSPS) is 22.7. The molecule has 3 aromatic rings. The highest BCUT2D eigenvalue weighted by molar-refractivity contribution is 8.23. The van der Waals surface area contributed by atoms with Crippen molar-refractivity contribution in [1.29, 1.82) is 0 Å². The van der Waals surface area contributed by atoms with Crippen LogP contribution in [-0.2, 0) is 0 Å². The summed E-state index contributed by atoms with van der Waals surface area (Å²) in [6, 6.07) is 0. The van der Waals surface area contributed by atoms with E-state index in [-0.39, 0.29) is 31.8 Å². The van der Waals surface area contributed by atoms with Crippen molar-refractivity contribution in [1.82, 2.24) is 0 Å². The maximum atomic E-state index is 13.3. The first kappa shape index (κ1) is 43.3. The highest BCUT2D eigenvalue weighted by atomic mass is 32.2. The van der Waals surface area contributed by atoms with Crippen molar-refractivity contribution in [3.05, 3.63) is 53.0 Å². The molecule has 0 N–H and O–H groups in total. The molecule has 0 atom stereocenters.